The molecule has 0 spiro atoms. The highest BCUT2D eigenvalue weighted by molar-refractivity contribution is 7.89. The van der Waals surface area contributed by atoms with Gasteiger partial charge in [-0.25, -0.2) is 17.5 Å². The normalized spacial score (nSPS) is 11.5. The average Bonchev–Trinajstić information content (AvgIpc) is 3.04. The summed E-state index contributed by atoms with van der Waals surface area (Å²) < 4.78 is 39.8. The Morgan fingerprint density at radius 2 is 1.70 bits per heavy atom. The zero-order valence-electron chi connectivity index (χ0n) is 12.3. The lowest BCUT2D eigenvalue weighted by atomic mass is 10.2. The van der Waals surface area contributed by atoms with Crippen LogP contribution in [-0.4, -0.2) is 18.2 Å². The molecule has 4 nitrogen and oxygen atoms in total. The van der Waals surface area contributed by atoms with Crippen molar-refractivity contribution in [1.29, 1.82) is 0 Å². The Labute approximate surface area is 134 Å². The number of rotatable bonds is 5. The molecule has 0 aliphatic rings. The molecule has 0 amide bonds. The van der Waals surface area contributed by atoms with Crippen LogP contribution >= 0.6 is 0 Å². The molecule has 1 heterocycles. The van der Waals surface area contributed by atoms with Crippen LogP contribution in [0, 0.1) is 5.82 Å². The highest BCUT2D eigenvalue weighted by atomic mass is 32.2. The first-order valence-corrected chi connectivity index (χ1v) is 8.88. The molecule has 3 rings (SSSR count). The smallest absolute Gasteiger partial charge is 0.158 e. The molecule has 0 aliphatic carbocycles. The fourth-order valence-electron chi connectivity index (χ4n) is 2.32. The first kappa shape index (κ1) is 15.4. The van der Waals surface area contributed by atoms with Gasteiger partial charge in [-0.1, -0.05) is 30.3 Å². The molecule has 3 aromatic rings. The predicted molar refractivity (Wildman–Crippen MR) is 86.3 cm³/mol. The lowest BCUT2D eigenvalue weighted by molar-refractivity contribution is 0.586. The van der Waals surface area contributed by atoms with Gasteiger partial charge in [0, 0.05) is 18.0 Å². The third-order valence-electron chi connectivity index (χ3n) is 3.43. The number of hydrogen-bond acceptors (Lipinski definition) is 3. The zero-order valence-corrected chi connectivity index (χ0v) is 13.1. The fraction of sp³-hybridized carbons (Fsp3) is 0.118. The van der Waals surface area contributed by atoms with E-state index >= 15 is 0 Å². The second-order valence-corrected chi connectivity index (χ2v) is 7.31. The predicted octanol–water partition coefficient (Wildman–Crippen LogP) is 3.13. The number of nitrogens with zero attached hydrogens (tertiary/aromatic N) is 2. The number of benzene rings is 2. The zero-order chi connectivity index (χ0) is 16.3. The summed E-state index contributed by atoms with van der Waals surface area (Å²) in [5.41, 5.74) is 1.71. The molecular formula is C17H15FN2O2S. The standard InChI is InChI=1S/C17H15FN2O2S/c18-17-5-2-1-4-15(17)13-23(21,22)12-14-6-8-16(9-7-14)20-11-3-10-19-20/h1-11H,12-13H2. The second-order valence-electron chi connectivity index (χ2n) is 5.24. The van der Waals surface area contributed by atoms with E-state index in [0.717, 1.165) is 5.69 Å². The largest absolute Gasteiger partial charge is 0.241 e. The first-order chi connectivity index (χ1) is 11.0. The van der Waals surface area contributed by atoms with E-state index in [0.29, 0.717) is 5.56 Å². The van der Waals surface area contributed by atoms with Crippen LogP contribution in [0.25, 0.3) is 5.69 Å². The summed E-state index contributed by atoms with van der Waals surface area (Å²) in [6.45, 7) is 0. The maximum atomic E-state index is 13.6. The maximum absolute atomic E-state index is 13.6. The van der Waals surface area contributed by atoms with Gasteiger partial charge in [0.15, 0.2) is 9.84 Å². The van der Waals surface area contributed by atoms with Gasteiger partial charge in [0.05, 0.1) is 17.2 Å². The van der Waals surface area contributed by atoms with Crippen molar-refractivity contribution in [2.75, 3.05) is 0 Å². The Hall–Kier alpha value is -2.47. The van der Waals surface area contributed by atoms with E-state index in [1.54, 1.807) is 47.3 Å². The fourth-order valence-corrected chi connectivity index (χ4v) is 3.83. The van der Waals surface area contributed by atoms with Gasteiger partial charge in [0.2, 0.25) is 0 Å². The monoisotopic (exact) mass is 330 g/mol. The van der Waals surface area contributed by atoms with Crippen molar-refractivity contribution >= 4 is 9.84 Å². The number of aromatic nitrogens is 2. The van der Waals surface area contributed by atoms with Crippen molar-refractivity contribution in [3.8, 4) is 5.69 Å². The summed E-state index contributed by atoms with van der Waals surface area (Å²) in [6.07, 6.45) is 3.48. The van der Waals surface area contributed by atoms with E-state index in [4.69, 9.17) is 0 Å². The first-order valence-electron chi connectivity index (χ1n) is 7.06. The molecule has 2 aromatic carbocycles. The minimum Gasteiger partial charge on any atom is -0.241 e. The number of halogens is 1. The third kappa shape index (κ3) is 3.84. The maximum Gasteiger partial charge on any atom is 0.158 e. The van der Waals surface area contributed by atoms with Gasteiger partial charge in [-0.05, 0) is 29.8 Å². The molecule has 6 heteroatoms. The lowest BCUT2D eigenvalue weighted by Gasteiger charge is -2.07. The summed E-state index contributed by atoms with van der Waals surface area (Å²) >= 11 is 0. The summed E-state index contributed by atoms with van der Waals surface area (Å²) in [7, 11) is -3.44. The molecule has 0 unspecified atom stereocenters. The van der Waals surface area contributed by atoms with Crippen LogP contribution in [0.3, 0.4) is 0 Å². The van der Waals surface area contributed by atoms with E-state index in [-0.39, 0.29) is 17.1 Å². The third-order valence-corrected chi connectivity index (χ3v) is 4.95. The Balaban J connectivity index is 1.74. The molecule has 0 bridgehead atoms. The van der Waals surface area contributed by atoms with Crippen LogP contribution in [0.1, 0.15) is 11.1 Å². The van der Waals surface area contributed by atoms with Gasteiger partial charge in [0.25, 0.3) is 0 Å². The molecule has 1 aromatic heterocycles. The van der Waals surface area contributed by atoms with E-state index in [2.05, 4.69) is 5.10 Å². The van der Waals surface area contributed by atoms with Crippen molar-refractivity contribution in [2.45, 2.75) is 11.5 Å². The molecular weight excluding hydrogens is 315 g/mol. The van der Waals surface area contributed by atoms with E-state index in [9.17, 15) is 12.8 Å². The van der Waals surface area contributed by atoms with E-state index < -0.39 is 15.7 Å². The quantitative estimate of drug-likeness (QED) is 0.722. The Morgan fingerprint density at radius 3 is 2.35 bits per heavy atom. The van der Waals surface area contributed by atoms with Crippen molar-refractivity contribution in [1.82, 2.24) is 9.78 Å². The number of sulfone groups is 1. The van der Waals surface area contributed by atoms with Crippen molar-refractivity contribution in [3.05, 3.63) is 83.9 Å². The van der Waals surface area contributed by atoms with Crippen LogP contribution in [0.5, 0.6) is 0 Å². The molecule has 0 aliphatic heterocycles. The minimum atomic E-state index is -3.44. The highest BCUT2D eigenvalue weighted by Gasteiger charge is 2.15. The van der Waals surface area contributed by atoms with Crippen LogP contribution in [0.15, 0.2) is 67.0 Å². The van der Waals surface area contributed by atoms with Crippen LogP contribution < -0.4 is 0 Å². The Morgan fingerprint density at radius 1 is 0.957 bits per heavy atom. The topological polar surface area (TPSA) is 52.0 Å². The van der Waals surface area contributed by atoms with Crippen molar-refractivity contribution in [3.63, 3.8) is 0 Å². The lowest BCUT2D eigenvalue weighted by Crippen LogP contribution is -2.09. The SMILES string of the molecule is O=S(=O)(Cc1ccc(-n2cccn2)cc1)Cc1ccccc1F. The minimum absolute atomic E-state index is 0.124. The van der Waals surface area contributed by atoms with Gasteiger partial charge in [-0.3, -0.25) is 0 Å². The molecule has 0 atom stereocenters. The molecule has 0 saturated carbocycles. The van der Waals surface area contributed by atoms with E-state index in [1.165, 1.54) is 12.1 Å². The summed E-state index contributed by atoms with van der Waals surface area (Å²) in [6, 6.07) is 14.9. The molecule has 23 heavy (non-hydrogen) atoms. The average molecular weight is 330 g/mol. The van der Waals surface area contributed by atoms with Gasteiger partial charge < -0.3 is 0 Å². The van der Waals surface area contributed by atoms with Gasteiger partial charge in [-0.2, -0.15) is 5.10 Å². The molecule has 118 valence electrons. The molecule has 0 radical (unpaired) electrons. The highest BCUT2D eigenvalue weighted by Crippen LogP contribution is 2.16. The van der Waals surface area contributed by atoms with Gasteiger partial charge >= 0.3 is 0 Å². The van der Waals surface area contributed by atoms with Crippen molar-refractivity contribution < 1.29 is 12.8 Å². The summed E-state index contributed by atoms with van der Waals surface area (Å²) in [4.78, 5) is 0. The van der Waals surface area contributed by atoms with Crippen LogP contribution in [0.4, 0.5) is 4.39 Å². The van der Waals surface area contributed by atoms with Crippen LogP contribution in [0.2, 0.25) is 0 Å². The van der Waals surface area contributed by atoms with Crippen LogP contribution in [-0.2, 0) is 21.3 Å². The second kappa shape index (κ2) is 6.34. The molecule has 0 saturated heterocycles. The van der Waals surface area contributed by atoms with Gasteiger partial charge in [-0.15, -0.1) is 0 Å². The van der Waals surface area contributed by atoms with Crippen molar-refractivity contribution in [2.24, 2.45) is 0 Å². The number of hydrogen-bond donors (Lipinski definition) is 0. The Bertz CT molecular complexity index is 889. The summed E-state index contributed by atoms with van der Waals surface area (Å²) in [5.74, 6) is -0.925. The van der Waals surface area contributed by atoms with E-state index in [1.807, 2.05) is 12.3 Å². The Kier molecular flexibility index (Phi) is 4.25. The summed E-state index contributed by atoms with van der Waals surface area (Å²) in [5, 5.41) is 4.11. The van der Waals surface area contributed by atoms with Gasteiger partial charge in [0.1, 0.15) is 5.82 Å². The molecule has 0 N–H and O–H groups in total. The molecule has 0 fully saturated rings.